The Hall–Kier alpha value is -3.33. The Morgan fingerprint density at radius 1 is 1.14 bits per heavy atom. The summed E-state index contributed by atoms with van der Waals surface area (Å²) in [5.74, 6) is -2.27. The van der Waals surface area contributed by atoms with E-state index < -0.39 is 23.0 Å². The molecule has 2 atom stereocenters. The number of nitrogens with two attached hydrogens (primary N) is 1. The number of anilines is 1. The van der Waals surface area contributed by atoms with E-state index in [1.54, 1.807) is 18.5 Å². The van der Waals surface area contributed by atoms with Gasteiger partial charge in [-0.25, -0.2) is 18.7 Å². The summed E-state index contributed by atoms with van der Waals surface area (Å²) in [4.78, 5) is 22.7. The van der Waals surface area contributed by atoms with Crippen molar-refractivity contribution in [3.63, 3.8) is 0 Å². The Morgan fingerprint density at radius 3 is 2.63 bits per heavy atom. The molecule has 0 bridgehead atoms. The molecule has 9 heteroatoms. The van der Waals surface area contributed by atoms with E-state index in [1.165, 1.54) is 4.57 Å². The van der Waals surface area contributed by atoms with Crippen LogP contribution in [-0.2, 0) is 5.54 Å². The normalized spacial score (nSPS) is 31.0. The van der Waals surface area contributed by atoms with Gasteiger partial charge in [0.25, 0.3) is 11.5 Å². The standard InChI is InChI=1S/C26H25F2N5O2/c1-24(35)11-16(12-24)22-31-19(20-21(29)30-7-9-32(20)22)15-3-2-14-4-8-33(23(34)17(14)10-15)25-5-6-26(27,28)18(25)13-25/h2-4,7-10,16,18,35H,5-6,11-13H2,1H3,(H2,29,30)/t16?,18-,24?,25?/m1/s1. The molecule has 3 aliphatic rings. The Kier molecular flexibility index (Phi) is 3.87. The molecule has 3 aliphatic carbocycles. The third kappa shape index (κ3) is 2.81. The van der Waals surface area contributed by atoms with Gasteiger partial charge in [-0.3, -0.25) is 9.20 Å². The maximum atomic E-state index is 14.2. The largest absolute Gasteiger partial charge is 0.390 e. The molecule has 3 saturated carbocycles. The summed E-state index contributed by atoms with van der Waals surface area (Å²) in [6.45, 7) is 1.81. The van der Waals surface area contributed by atoms with Crippen LogP contribution in [0.15, 0.2) is 47.7 Å². The van der Waals surface area contributed by atoms with E-state index in [9.17, 15) is 18.7 Å². The van der Waals surface area contributed by atoms with Gasteiger partial charge in [0.2, 0.25) is 0 Å². The zero-order valence-corrected chi connectivity index (χ0v) is 19.2. The van der Waals surface area contributed by atoms with Crippen molar-refractivity contribution in [2.75, 3.05) is 5.73 Å². The van der Waals surface area contributed by atoms with E-state index in [1.807, 2.05) is 35.7 Å². The first-order chi connectivity index (χ1) is 16.6. The number of nitrogens with zero attached hydrogens (tertiary/aromatic N) is 4. The number of imidazole rings is 1. The van der Waals surface area contributed by atoms with Gasteiger partial charge < -0.3 is 15.4 Å². The van der Waals surface area contributed by atoms with Gasteiger partial charge >= 0.3 is 0 Å². The van der Waals surface area contributed by atoms with Crippen molar-refractivity contribution in [3.8, 4) is 11.3 Å². The second-order valence-electron chi connectivity index (χ2n) is 10.9. The first-order valence-corrected chi connectivity index (χ1v) is 12.0. The van der Waals surface area contributed by atoms with Gasteiger partial charge in [0.15, 0.2) is 0 Å². The number of aliphatic hydroxyl groups is 1. The fourth-order valence-electron chi connectivity index (χ4n) is 6.56. The fourth-order valence-corrected chi connectivity index (χ4v) is 6.56. The SMILES string of the molecule is CC1(O)CC(c2nc(-c3ccc4ccn(C56CCC(F)(F)[C@@H]5C6)c(=O)c4c3)c3c(N)nccn23)C1. The molecule has 7 rings (SSSR count). The number of nitrogen functional groups attached to an aromatic ring is 1. The predicted octanol–water partition coefficient (Wildman–Crippen LogP) is 4.07. The van der Waals surface area contributed by atoms with Crippen molar-refractivity contribution >= 4 is 22.1 Å². The van der Waals surface area contributed by atoms with Crippen molar-refractivity contribution in [2.24, 2.45) is 5.92 Å². The molecule has 180 valence electrons. The van der Waals surface area contributed by atoms with Crippen molar-refractivity contribution < 1.29 is 13.9 Å². The van der Waals surface area contributed by atoms with Crippen LogP contribution in [0.4, 0.5) is 14.6 Å². The second-order valence-corrected chi connectivity index (χ2v) is 10.9. The van der Waals surface area contributed by atoms with Gasteiger partial charge in [0.05, 0.1) is 11.1 Å². The van der Waals surface area contributed by atoms with Gasteiger partial charge in [-0.05, 0) is 50.1 Å². The molecule has 0 aliphatic heterocycles. The van der Waals surface area contributed by atoms with E-state index >= 15 is 0 Å². The zero-order chi connectivity index (χ0) is 24.3. The molecule has 3 aromatic heterocycles. The lowest BCUT2D eigenvalue weighted by molar-refractivity contribution is -0.0335. The molecule has 7 nitrogen and oxygen atoms in total. The lowest BCUT2D eigenvalue weighted by atomic mass is 9.72. The van der Waals surface area contributed by atoms with Crippen LogP contribution in [0.3, 0.4) is 0 Å². The molecular weight excluding hydrogens is 452 g/mol. The Bertz CT molecular complexity index is 1600. The number of hydrogen-bond acceptors (Lipinski definition) is 5. The van der Waals surface area contributed by atoms with Gasteiger partial charge in [-0.15, -0.1) is 0 Å². The number of fused-ring (bicyclic) bond motifs is 3. The molecule has 35 heavy (non-hydrogen) atoms. The summed E-state index contributed by atoms with van der Waals surface area (Å²) in [5.41, 5.74) is 6.51. The monoisotopic (exact) mass is 477 g/mol. The summed E-state index contributed by atoms with van der Waals surface area (Å²) in [6.07, 6.45) is 6.78. The zero-order valence-electron chi connectivity index (χ0n) is 19.2. The Balaban J connectivity index is 1.38. The number of hydrogen-bond donors (Lipinski definition) is 2. The van der Waals surface area contributed by atoms with Gasteiger partial charge in [-0.2, -0.15) is 0 Å². The highest BCUT2D eigenvalue weighted by Crippen LogP contribution is 2.67. The number of pyridine rings is 1. The van der Waals surface area contributed by atoms with Crippen LogP contribution in [0.1, 0.15) is 50.8 Å². The van der Waals surface area contributed by atoms with Crippen LogP contribution in [0.5, 0.6) is 0 Å². The highest BCUT2D eigenvalue weighted by Gasteiger charge is 2.71. The van der Waals surface area contributed by atoms with Crippen LogP contribution in [0.2, 0.25) is 0 Å². The topological polar surface area (TPSA) is 98.4 Å². The first-order valence-electron chi connectivity index (χ1n) is 12.0. The molecule has 0 radical (unpaired) electrons. The number of aromatic nitrogens is 4. The lowest BCUT2D eigenvalue weighted by Crippen LogP contribution is -2.40. The van der Waals surface area contributed by atoms with Crippen molar-refractivity contribution in [1.29, 1.82) is 0 Å². The van der Waals surface area contributed by atoms with E-state index in [4.69, 9.17) is 10.7 Å². The van der Waals surface area contributed by atoms with Crippen LogP contribution in [-0.4, -0.2) is 35.6 Å². The molecule has 3 fully saturated rings. The minimum Gasteiger partial charge on any atom is -0.390 e. The Morgan fingerprint density at radius 2 is 1.94 bits per heavy atom. The number of halogens is 2. The fraction of sp³-hybridized carbons (Fsp3) is 0.423. The first kappa shape index (κ1) is 21.0. The predicted molar refractivity (Wildman–Crippen MR) is 127 cm³/mol. The molecule has 0 saturated heterocycles. The van der Waals surface area contributed by atoms with Crippen LogP contribution < -0.4 is 11.3 Å². The summed E-state index contributed by atoms with van der Waals surface area (Å²) in [6, 6.07) is 7.35. The molecule has 3 N–H and O–H groups in total. The number of benzene rings is 1. The minimum atomic E-state index is -2.71. The third-order valence-electron chi connectivity index (χ3n) is 8.45. The van der Waals surface area contributed by atoms with E-state index in [0.717, 1.165) is 11.2 Å². The summed E-state index contributed by atoms with van der Waals surface area (Å²) in [7, 11) is 0. The number of rotatable bonds is 3. The number of alkyl halides is 2. The summed E-state index contributed by atoms with van der Waals surface area (Å²) < 4.78 is 31.9. The quantitative estimate of drug-likeness (QED) is 0.464. The summed E-state index contributed by atoms with van der Waals surface area (Å²) >= 11 is 0. The molecular formula is C26H25F2N5O2. The summed E-state index contributed by atoms with van der Waals surface area (Å²) in [5, 5.41) is 11.5. The van der Waals surface area contributed by atoms with Crippen LogP contribution in [0.25, 0.3) is 27.5 Å². The van der Waals surface area contributed by atoms with Crippen molar-refractivity contribution in [1.82, 2.24) is 18.9 Å². The minimum absolute atomic E-state index is 0.0840. The van der Waals surface area contributed by atoms with Gasteiger partial charge in [0.1, 0.15) is 22.9 Å². The molecule has 3 heterocycles. The van der Waals surface area contributed by atoms with Crippen molar-refractivity contribution in [3.05, 3.63) is 59.0 Å². The van der Waals surface area contributed by atoms with Gasteiger partial charge in [-0.1, -0.05) is 12.1 Å². The van der Waals surface area contributed by atoms with E-state index in [-0.39, 0.29) is 17.9 Å². The third-order valence-corrected chi connectivity index (χ3v) is 8.45. The lowest BCUT2D eigenvalue weighted by Gasteiger charge is -2.40. The molecule has 0 amide bonds. The van der Waals surface area contributed by atoms with E-state index in [0.29, 0.717) is 53.7 Å². The van der Waals surface area contributed by atoms with Gasteiger partial charge in [0, 0.05) is 47.8 Å². The van der Waals surface area contributed by atoms with Crippen molar-refractivity contribution in [2.45, 2.75) is 62.0 Å². The molecule has 0 spiro atoms. The molecule has 1 aromatic carbocycles. The average Bonchev–Trinajstić information content (AvgIpc) is 3.34. The Labute approximate surface area is 199 Å². The van der Waals surface area contributed by atoms with Crippen LogP contribution in [0, 0.1) is 5.92 Å². The second kappa shape index (κ2) is 6.46. The maximum absolute atomic E-state index is 14.2. The molecule has 4 aromatic rings. The highest BCUT2D eigenvalue weighted by molar-refractivity contribution is 5.91. The van der Waals surface area contributed by atoms with Crippen LogP contribution >= 0.6 is 0 Å². The molecule has 1 unspecified atom stereocenters. The highest BCUT2D eigenvalue weighted by atomic mass is 19.3. The maximum Gasteiger partial charge on any atom is 0.258 e. The smallest absolute Gasteiger partial charge is 0.258 e. The van der Waals surface area contributed by atoms with E-state index in [2.05, 4.69) is 4.98 Å². The average molecular weight is 478 g/mol.